The Bertz CT molecular complexity index is 609. The van der Waals surface area contributed by atoms with Crippen LogP contribution in [-0.2, 0) is 10.0 Å². The fraction of sp³-hybridized carbons (Fsp3) is 0.583. The van der Waals surface area contributed by atoms with Crippen LogP contribution < -0.4 is 0 Å². The normalized spacial score (nSPS) is 24.4. The fourth-order valence-corrected chi connectivity index (χ4v) is 5.33. The molecule has 112 valence electrons. The molecule has 2 rings (SSSR count). The Morgan fingerprint density at radius 3 is 2.50 bits per heavy atom. The highest BCUT2D eigenvalue weighted by atomic mass is 32.2. The minimum absolute atomic E-state index is 0.0416. The molecule has 6 nitrogen and oxygen atoms in total. The molecule has 20 heavy (non-hydrogen) atoms. The summed E-state index contributed by atoms with van der Waals surface area (Å²) in [5, 5.41) is 8.88. The van der Waals surface area contributed by atoms with Crippen molar-refractivity contribution in [1.82, 2.24) is 9.21 Å². The van der Waals surface area contributed by atoms with Crippen molar-refractivity contribution in [3.05, 3.63) is 17.0 Å². The molecular formula is C12H18N2O4S2. The van der Waals surface area contributed by atoms with E-state index in [0.29, 0.717) is 13.1 Å². The molecular weight excluding hydrogens is 300 g/mol. The van der Waals surface area contributed by atoms with Gasteiger partial charge in [0.25, 0.3) is 10.0 Å². The van der Waals surface area contributed by atoms with Crippen molar-refractivity contribution in [2.45, 2.75) is 17.2 Å². The van der Waals surface area contributed by atoms with Crippen LogP contribution in [0.15, 0.2) is 16.3 Å². The predicted molar refractivity (Wildman–Crippen MR) is 76.7 cm³/mol. The summed E-state index contributed by atoms with van der Waals surface area (Å²) in [6.07, 6.45) is 0. The zero-order valence-corrected chi connectivity index (χ0v) is 13.2. The molecule has 2 atom stereocenters. The van der Waals surface area contributed by atoms with Crippen molar-refractivity contribution in [2.24, 2.45) is 5.92 Å². The third kappa shape index (κ3) is 2.73. The number of rotatable bonds is 4. The predicted octanol–water partition coefficient (Wildman–Crippen LogP) is 1.02. The first-order valence-corrected chi connectivity index (χ1v) is 8.49. The molecule has 1 aliphatic heterocycles. The van der Waals surface area contributed by atoms with E-state index < -0.39 is 16.0 Å². The second-order valence-corrected chi connectivity index (χ2v) is 8.50. The third-order valence-electron chi connectivity index (χ3n) is 3.59. The maximum absolute atomic E-state index is 12.5. The SMILES string of the molecule is CC1CN(S(=O)(=O)c2ccc(C(=O)O)s2)CC1N(C)C. The number of carboxylic acid groups (broad SMARTS) is 1. The quantitative estimate of drug-likeness (QED) is 0.897. The van der Waals surface area contributed by atoms with Gasteiger partial charge in [-0.25, -0.2) is 13.2 Å². The number of thiophene rings is 1. The number of carboxylic acids is 1. The lowest BCUT2D eigenvalue weighted by Crippen LogP contribution is -2.35. The standard InChI is InChI=1S/C12H18N2O4S2/c1-8-6-14(7-9(8)13(2)3)20(17,18)11-5-4-10(19-11)12(15)16/h4-5,8-9H,6-7H2,1-3H3,(H,15,16). The van der Waals surface area contributed by atoms with Crippen molar-refractivity contribution >= 4 is 27.3 Å². The van der Waals surface area contributed by atoms with Crippen molar-refractivity contribution < 1.29 is 18.3 Å². The average molecular weight is 318 g/mol. The Labute approximate surface area is 122 Å². The van der Waals surface area contributed by atoms with Gasteiger partial charge in [0, 0.05) is 19.1 Å². The second-order valence-electron chi connectivity index (χ2n) is 5.25. The van der Waals surface area contributed by atoms with Crippen molar-refractivity contribution in [3.63, 3.8) is 0 Å². The molecule has 1 N–H and O–H groups in total. The second kappa shape index (κ2) is 5.44. The number of aromatic carboxylic acids is 1. The molecule has 0 spiro atoms. The van der Waals surface area contributed by atoms with Gasteiger partial charge in [-0.1, -0.05) is 6.92 Å². The Balaban J connectivity index is 2.25. The lowest BCUT2D eigenvalue weighted by Gasteiger charge is -2.22. The van der Waals surface area contributed by atoms with Crippen LogP contribution in [0.5, 0.6) is 0 Å². The molecule has 1 aliphatic rings. The van der Waals surface area contributed by atoms with Crippen molar-refractivity contribution in [1.29, 1.82) is 0 Å². The molecule has 1 saturated heterocycles. The number of sulfonamides is 1. The summed E-state index contributed by atoms with van der Waals surface area (Å²) < 4.78 is 26.6. The summed E-state index contributed by atoms with van der Waals surface area (Å²) in [5.41, 5.74) is 0. The maximum atomic E-state index is 12.5. The number of hydrogen-bond acceptors (Lipinski definition) is 5. The van der Waals surface area contributed by atoms with E-state index in [2.05, 4.69) is 0 Å². The van der Waals surface area contributed by atoms with Crippen LogP contribution in [0.3, 0.4) is 0 Å². The van der Waals surface area contributed by atoms with Crippen LogP contribution in [0.25, 0.3) is 0 Å². The van der Waals surface area contributed by atoms with Crippen LogP contribution in [0.2, 0.25) is 0 Å². The molecule has 0 radical (unpaired) electrons. The first kappa shape index (κ1) is 15.4. The third-order valence-corrected chi connectivity index (χ3v) is 6.96. The van der Waals surface area contributed by atoms with E-state index >= 15 is 0 Å². The van der Waals surface area contributed by atoms with Gasteiger partial charge in [-0.2, -0.15) is 4.31 Å². The summed E-state index contributed by atoms with van der Waals surface area (Å²) in [5.74, 6) is -0.851. The molecule has 2 heterocycles. The smallest absolute Gasteiger partial charge is 0.345 e. The Morgan fingerprint density at radius 1 is 1.40 bits per heavy atom. The summed E-state index contributed by atoms with van der Waals surface area (Å²) in [4.78, 5) is 12.9. The van der Waals surface area contributed by atoms with Crippen molar-refractivity contribution in [2.75, 3.05) is 27.2 Å². The fourth-order valence-electron chi connectivity index (χ4n) is 2.48. The highest BCUT2D eigenvalue weighted by molar-refractivity contribution is 7.91. The first-order valence-electron chi connectivity index (χ1n) is 6.23. The molecule has 0 aliphatic carbocycles. The minimum atomic E-state index is -3.59. The van der Waals surface area contributed by atoms with Gasteiger partial charge in [0.15, 0.2) is 0 Å². The van der Waals surface area contributed by atoms with E-state index in [4.69, 9.17) is 5.11 Å². The van der Waals surface area contributed by atoms with Gasteiger partial charge >= 0.3 is 5.97 Å². The zero-order valence-electron chi connectivity index (χ0n) is 11.6. The number of carbonyl (C=O) groups is 1. The molecule has 1 aromatic rings. The molecule has 8 heteroatoms. The number of hydrogen-bond donors (Lipinski definition) is 1. The van der Waals surface area contributed by atoms with Crippen LogP contribution >= 0.6 is 11.3 Å². The maximum Gasteiger partial charge on any atom is 0.345 e. The Kier molecular flexibility index (Phi) is 4.19. The largest absolute Gasteiger partial charge is 0.477 e. The summed E-state index contributed by atoms with van der Waals surface area (Å²) in [6, 6.07) is 2.89. The molecule has 2 unspecified atom stereocenters. The van der Waals surface area contributed by atoms with Gasteiger partial charge in [0.2, 0.25) is 0 Å². The summed E-state index contributed by atoms with van der Waals surface area (Å²) >= 11 is 0.803. The van der Waals surface area contributed by atoms with Crippen molar-refractivity contribution in [3.8, 4) is 0 Å². The average Bonchev–Trinajstić information content (AvgIpc) is 2.94. The van der Waals surface area contributed by atoms with Crippen LogP contribution in [0, 0.1) is 5.92 Å². The topological polar surface area (TPSA) is 77.9 Å². The molecule has 0 amide bonds. The van der Waals surface area contributed by atoms with E-state index in [-0.39, 0.29) is 21.0 Å². The minimum Gasteiger partial charge on any atom is -0.477 e. The monoisotopic (exact) mass is 318 g/mol. The Hall–Kier alpha value is -0.960. The van der Waals surface area contributed by atoms with E-state index in [9.17, 15) is 13.2 Å². The zero-order chi connectivity index (χ0) is 15.1. The van der Waals surface area contributed by atoms with Gasteiger partial charge in [0.1, 0.15) is 9.09 Å². The van der Waals surface area contributed by atoms with E-state index in [0.717, 1.165) is 11.3 Å². The van der Waals surface area contributed by atoms with E-state index in [1.54, 1.807) is 0 Å². The van der Waals surface area contributed by atoms with E-state index in [1.807, 2.05) is 25.9 Å². The van der Waals surface area contributed by atoms with E-state index in [1.165, 1.54) is 16.4 Å². The lowest BCUT2D eigenvalue weighted by molar-refractivity contribution is 0.0702. The number of likely N-dealkylation sites (N-methyl/N-ethyl adjacent to an activating group) is 1. The van der Waals surface area contributed by atoms with Gasteiger partial charge in [-0.3, -0.25) is 0 Å². The summed E-state index contributed by atoms with van der Waals surface area (Å²) in [7, 11) is 0.282. The van der Waals surface area contributed by atoms with Crippen LogP contribution in [0.4, 0.5) is 0 Å². The molecule has 0 saturated carbocycles. The highest BCUT2D eigenvalue weighted by Crippen LogP contribution is 2.30. The molecule has 0 bridgehead atoms. The number of nitrogens with zero attached hydrogens (tertiary/aromatic N) is 2. The van der Waals surface area contributed by atoms with Gasteiger partial charge in [-0.15, -0.1) is 11.3 Å². The highest BCUT2D eigenvalue weighted by Gasteiger charge is 2.38. The van der Waals surface area contributed by atoms with Gasteiger partial charge in [0.05, 0.1) is 0 Å². The lowest BCUT2D eigenvalue weighted by atomic mass is 10.1. The van der Waals surface area contributed by atoms with Crippen LogP contribution in [0.1, 0.15) is 16.6 Å². The molecule has 0 aromatic carbocycles. The Morgan fingerprint density at radius 2 is 2.05 bits per heavy atom. The summed E-state index contributed by atoms with van der Waals surface area (Å²) in [6.45, 7) is 2.93. The molecule has 1 fully saturated rings. The molecule has 1 aromatic heterocycles. The van der Waals surface area contributed by atoms with Gasteiger partial charge in [-0.05, 0) is 32.1 Å². The van der Waals surface area contributed by atoms with Gasteiger partial charge < -0.3 is 10.0 Å². The first-order chi connectivity index (χ1) is 9.23. The van der Waals surface area contributed by atoms with Crippen LogP contribution in [-0.4, -0.2) is 61.9 Å².